The Labute approximate surface area is 107 Å². The summed E-state index contributed by atoms with van der Waals surface area (Å²) >= 11 is 0. The van der Waals surface area contributed by atoms with E-state index in [9.17, 15) is 0 Å². The maximum absolute atomic E-state index is 5.29. The largest absolute Gasteiger partial charge is 0.384 e. The van der Waals surface area contributed by atoms with Crippen molar-refractivity contribution in [2.45, 2.75) is 64.7 Å². The average molecular weight is 238 g/mol. The molecular formula is C16H30O. The predicted octanol–water partition coefficient (Wildman–Crippen LogP) is 4.66. The minimum atomic E-state index is 0.856. The minimum Gasteiger partial charge on any atom is -0.384 e. The van der Waals surface area contributed by atoms with Gasteiger partial charge in [-0.15, -0.1) is 0 Å². The zero-order chi connectivity index (χ0) is 12.1. The molecule has 0 saturated heterocycles. The Morgan fingerprint density at radius 2 is 1.47 bits per heavy atom. The first-order valence-corrected chi connectivity index (χ1v) is 7.80. The summed E-state index contributed by atoms with van der Waals surface area (Å²) in [5.74, 6) is 3.91. The molecule has 1 unspecified atom stereocenters. The van der Waals surface area contributed by atoms with E-state index in [1.807, 2.05) is 7.11 Å². The van der Waals surface area contributed by atoms with Crippen molar-refractivity contribution in [3.63, 3.8) is 0 Å². The third-order valence-corrected chi connectivity index (χ3v) is 5.43. The lowest BCUT2D eigenvalue weighted by Crippen LogP contribution is -2.27. The molecule has 2 aliphatic rings. The third kappa shape index (κ3) is 3.71. The van der Waals surface area contributed by atoms with Crippen molar-refractivity contribution in [2.75, 3.05) is 13.7 Å². The molecule has 0 aromatic rings. The Morgan fingerprint density at radius 1 is 0.882 bits per heavy atom. The Bertz CT molecular complexity index is 200. The fourth-order valence-corrected chi connectivity index (χ4v) is 4.16. The molecule has 1 atom stereocenters. The fourth-order valence-electron chi connectivity index (χ4n) is 4.16. The highest BCUT2D eigenvalue weighted by molar-refractivity contribution is 4.81. The second-order valence-corrected chi connectivity index (χ2v) is 6.49. The van der Waals surface area contributed by atoms with Gasteiger partial charge < -0.3 is 4.74 Å². The summed E-state index contributed by atoms with van der Waals surface area (Å²) in [7, 11) is 1.84. The van der Waals surface area contributed by atoms with Crippen LogP contribution in [0.15, 0.2) is 0 Å². The van der Waals surface area contributed by atoms with Gasteiger partial charge >= 0.3 is 0 Å². The molecule has 2 aliphatic carbocycles. The van der Waals surface area contributed by atoms with E-state index >= 15 is 0 Å². The third-order valence-electron chi connectivity index (χ3n) is 5.43. The van der Waals surface area contributed by atoms with Gasteiger partial charge in [0, 0.05) is 13.7 Å². The highest BCUT2D eigenvalue weighted by Gasteiger charge is 2.30. The summed E-state index contributed by atoms with van der Waals surface area (Å²) < 4.78 is 5.29. The van der Waals surface area contributed by atoms with E-state index in [4.69, 9.17) is 4.74 Å². The molecule has 0 aromatic heterocycles. The molecule has 2 saturated carbocycles. The molecule has 0 aromatic carbocycles. The van der Waals surface area contributed by atoms with Crippen LogP contribution < -0.4 is 0 Å². The molecular weight excluding hydrogens is 208 g/mol. The van der Waals surface area contributed by atoms with Gasteiger partial charge in [0.2, 0.25) is 0 Å². The lowest BCUT2D eigenvalue weighted by atomic mass is 9.69. The second kappa shape index (κ2) is 6.78. The highest BCUT2D eigenvalue weighted by atomic mass is 16.5. The average Bonchev–Trinajstić information content (AvgIpc) is 2.40. The molecule has 1 nitrogen and oxygen atoms in total. The van der Waals surface area contributed by atoms with Gasteiger partial charge in [0.05, 0.1) is 0 Å². The van der Waals surface area contributed by atoms with E-state index < -0.39 is 0 Å². The molecule has 100 valence electrons. The molecule has 0 bridgehead atoms. The summed E-state index contributed by atoms with van der Waals surface area (Å²) in [6.07, 6.45) is 13.3. The van der Waals surface area contributed by atoms with Crippen molar-refractivity contribution >= 4 is 0 Å². The van der Waals surface area contributed by atoms with Crippen molar-refractivity contribution in [1.82, 2.24) is 0 Å². The van der Waals surface area contributed by atoms with Crippen LogP contribution in [0.3, 0.4) is 0 Å². The normalized spacial score (nSPS) is 33.5. The Morgan fingerprint density at radius 3 is 2.06 bits per heavy atom. The molecule has 0 heterocycles. The molecule has 0 aliphatic heterocycles. The van der Waals surface area contributed by atoms with Crippen molar-refractivity contribution in [3.05, 3.63) is 0 Å². The first-order valence-electron chi connectivity index (χ1n) is 7.80. The lowest BCUT2D eigenvalue weighted by Gasteiger charge is -2.37. The van der Waals surface area contributed by atoms with Crippen LogP contribution in [0.1, 0.15) is 64.7 Å². The molecule has 1 heteroatoms. The maximum Gasteiger partial charge on any atom is 0.0490 e. The quantitative estimate of drug-likeness (QED) is 0.692. The molecule has 17 heavy (non-hydrogen) atoms. The number of hydrogen-bond donors (Lipinski definition) is 0. The van der Waals surface area contributed by atoms with Gasteiger partial charge in [0.25, 0.3) is 0 Å². The zero-order valence-electron chi connectivity index (χ0n) is 11.8. The van der Waals surface area contributed by atoms with Crippen molar-refractivity contribution in [3.8, 4) is 0 Å². The van der Waals surface area contributed by atoms with Gasteiger partial charge in [0.1, 0.15) is 0 Å². The molecule has 0 radical (unpaired) electrons. The van der Waals surface area contributed by atoms with Crippen LogP contribution >= 0.6 is 0 Å². The predicted molar refractivity (Wildman–Crippen MR) is 73.1 cm³/mol. The van der Waals surface area contributed by atoms with Crippen molar-refractivity contribution < 1.29 is 4.74 Å². The van der Waals surface area contributed by atoms with Gasteiger partial charge in [0.15, 0.2) is 0 Å². The number of hydrogen-bond acceptors (Lipinski definition) is 1. The Balaban J connectivity index is 1.75. The lowest BCUT2D eigenvalue weighted by molar-refractivity contribution is 0.0909. The van der Waals surface area contributed by atoms with Crippen LogP contribution in [0.25, 0.3) is 0 Å². The van der Waals surface area contributed by atoms with Gasteiger partial charge in [-0.3, -0.25) is 0 Å². The molecule has 0 amide bonds. The topological polar surface area (TPSA) is 9.23 Å². The van der Waals surface area contributed by atoms with Gasteiger partial charge in [-0.2, -0.15) is 0 Å². The van der Waals surface area contributed by atoms with Gasteiger partial charge in [-0.1, -0.05) is 39.0 Å². The van der Waals surface area contributed by atoms with E-state index in [-0.39, 0.29) is 0 Å². The summed E-state index contributed by atoms with van der Waals surface area (Å²) in [5, 5.41) is 0. The van der Waals surface area contributed by atoms with E-state index in [1.165, 1.54) is 57.8 Å². The number of methoxy groups -OCH3 is 1. The highest BCUT2D eigenvalue weighted by Crippen LogP contribution is 2.40. The standard InChI is InChI=1S/C16H30O/c1-13(15-6-4-3-5-7-15)16-10-8-14(9-11-16)12-17-2/h13-16H,3-12H2,1-2H3/t13?,14-,16-. The van der Waals surface area contributed by atoms with E-state index in [2.05, 4.69) is 6.92 Å². The van der Waals surface area contributed by atoms with Crippen LogP contribution in [0.5, 0.6) is 0 Å². The van der Waals surface area contributed by atoms with Crippen LogP contribution in [-0.2, 0) is 4.74 Å². The fraction of sp³-hybridized carbons (Fsp3) is 1.00. The summed E-state index contributed by atoms with van der Waals surface area (Å²) in [4.78, 5) is 0. The first kappa shape index (κ1) is 13.4. The first-order chi connectivity index (χ1) is 8.31. The Hall–Kier alpha value is -0.0400. The Kier molecular flexibility index (Phi) is 5.34. The number of rotatable bonds is 4. The van der Waals surface area contributed by atoms with Crippen molar-refractivity contribution in [2.24, 2.45) is 23.7 Å². The van der Waals surface area contributed by atoms with Gasteiger partial charge in [-0.05, 0) is 49.4 Å². The van der Waals surface area contributed by atoms with E-state index in [1.54, 1.807) is 0 Å². The van der Waals surface area contributed by atoms with Crippen LogP contribution in [0.2, 0.25) is 0 Å². The van der Waals surface area contributed by atoms with Gasteiger partial charge in [-0.25, -0.2) is 0 Å². The van der Waals surface area contributed by atoms with E-state index in [0.29, 0.717) is 0 Å². The SMILES string of the molecule is COC[C@H]1CC[C@H](C(C)C2CCCCC2)CC1. The molecule has 2 rings (SSSR count). The number of ether oxygens (including phenoxy) is 1. The monoisotopic (exact) mass is 238 g/mol. The van der Waals surface area contributed by atoms with Crippen LogP contribution in [0, 0.1) is 23.7 Å². The summed E-state index contributed by atoms with van der Waals surface area (Å²) in [6.45, 7) is 3.53. The maximum atomic E-state index is 5.29. The van der Waals surface area contributed by atoms with Crippen LogP contribution in [-0.4, -0.2) is 13.7 Å². The zero-order valence-corrected chi connectivity index (χ0v) is 11.8. The second-order valence-electron chi connectivity index (χ2n) is 6.49. The van der Waals surface area contributed by atoms with Crippen LogP contribution in [0.4, 0.5) is 0 Å². The smallest absolute Gasteiger partial charge is 0.0490 e. The molecule has 0 N–H and O–H groups in total. The summed E-state index contributed by atoms with van der Waals surface area (Å²) in [6, 6.07) is 0. The molecule has 0 spiro atoms. The van der Waals surface area contributed by atoms with Crippen molar-refractivity contribution in [1.29, 1.82) is 0 Å². The summed E-state index contributed by atoms with van der Waals surface area (Å²) in [5.41, 5.74) is 0. The minimum absolute atomic E-state index is 0.856. The molecule has 2 fully saturated rings. The van der Waals surface area contributed by atoms with E-state index in [0.717, 1.165) is 30.3 Å².